The van der Waals surface area contributed by atoms with Crippen molar-refractivity contribution in [3.63, 3.8) is 0 Å². The molecule has 20 heavy (non-hydrogen) atoms. The lowest BCUT2D eigenvalue weighted by atomic mass is 10.3. The van der Waals surface area contributed by atoms with Gasteiger partial charge in [-0.3, -0.25) is 4.79 Å². The normalized spacial score (nSPS) is 10.6. The first kappa shape index (κ1) is 14.9. The SMILES string of the molecule is Cc1nc(SCC(=O)Nc2cc(Cl)ccc2F)oc1C. The van der Waals surface area contributed by atoms with Crippen molar-refractivity contribution in [3.05, 3.63) is 40.5 Å². The lowest BCUT2D eigenvalue weighted by Crippen LogP contribution is -2.15. The molecule has 1 aromatic heterocycles. The van der Waals surface area contributed by atoms with Crippen LogP contribution in [0.3, 0.4) is 0 Å². The summed E-state index contributed by atoms with van der Waals surface area (Å²) in [5, 5.41) is 3.23. The van der Waals surface area contributed by atoms with Gasteiger partial charge >= 0.3 is 0 Å². The van der Waals surface area contributed by atoms with Crippen LogP contribution in [0.15, 0.2) is 27.8 Å². The maximum absolute atomic E-state index is 13.4. The Bertz CT molecular complexity index is 626. The Morgan fingerprint density at radius 3 is 2.90 bits per heavy atom. The third-order valence-electron chi connectivity index (χ3n) is 2.54. The van der Waals surface area contributed by atoms with Crippen molar-refractivity contribution in [2.45, 2.75) is 19.1 Å². The quantitative estimate of drug-likeness (QED) is 0.872. The summed E-state index contributed by atoms with van der Waals surface area (Å²) in [5.41, 5.74) is 0.844. The van der Waals surface area contributed by atoms with Gasteiger partial charge in [-0.1, -0.05) is 23.4 Å². The molecule has 0 fully saturated rings. The highest BCUT2D eigenvalue weighted by Crippen LogP contribution is 2.22. The second kappa shape index (κ2) is 6.28. The van der Waals surface area contributed by atoms with E-state index in [0.717, 1.165) is 17.5 Å². The Kier molecular flexibility index (Phi) is 4.67. The number of aromatic nitrogens is 1. The Morgan fingerprint density at radius 2 is 2.25 bits per heavy atom. The summed E-state index contributed by atoms with van der Waals surface area (Å²) in [5.74, 6) is -0.0974. The third-order valence-corrected chi connectivity index (χ3v) is 3.60. The summed E-state index contributed by atoms with van der Waals surface area (Å²) in [7, 11) is 0. The molecule has 1 N–H and O–H groups in total. The van der Waals surface area contributed by atoms with Gasteiger partial charge < -0.3 is 9.73 Å². The van der Waals surface area contributed by atoms with Crippen molar-refractivity contribution in [1.29, 1.82) is 0 Å². The summed E-state index contributed by atoms with van der Waals surface area (Å²) < 4.78 is 18.8. The van der Waals surface area contributed by atoms with Gasteiger partial charge in [0.1, 0.15) is 11.6 Å². The molecule has 2 aromatic rings. The number of oxazole rings is 1. The average molecular weight is 315 g/mol. The fourth-order valence-corrected chi connectivity index (χ4v) is 2.30. The predicted octanol–water partition coefficient (Wildman–Crippen LogP) is 3.81. The van der Waals surface area contributed by atoms with E-state index in [2.05, 4.69) is 10.3 Å². The Labute approximate surface area is 124 Å². The van der Waals surface area contributed by atoms with Crippen LogP contribution in [0.25, 0.3) is 0 Å². The molecule has 0 aliphatic rings. The molecule has 4 nitrogen and oxygen atoms in total. The molecular weight excluding hydrogens is 303 g/mol. The Morgan fingerprint density at radius 1 is 1.50 bits per heavy atom. The van der Waals surface area contributed by atoms with E-state index in [0.29, 0.717) is 16.0 Å². The molecule has 2 rings (SSSR count). The molecule has 1 amide bonds. The highest BCUT2D eigenvalue weighted by molar-refractivity contribution is 7.99. The zero-order valence-electron chi connectivity index (χ0n) is 10.9. The van der Waals surface area contributed by atoms with E-state index >= 15 is 0 Å². The lowest BCUT2D eigenvalue weighted by Gasteiger charge is -2.05. The molecule has 0 spiro atoms. The number of anilines is 1. The number of amides is 1. The molecule has 0 atom stereocenters. The second-order valence-electron chi connectivity index (χ2n) is 4.08. The van der Waals surface area contributed by atoms with Gasteiger partial charge in [0.25, 0.3) is 5.22 Å². The first-order valence-corrected chi connectivity index (χ1v) is 7.14. The van der Waals surface area contributed by atoms with Crippen molar-refractivity contribution >= 4 is 35.0 Å². The Hall–Kier alpha value is -1.53. The smallest absolute Gasteiger partial charge is 0.256 e. The molecule has 0 radical (unpaired) electrons. The number of carbonyl (C=O) groups excluding carboxylic acids is 1. The van der Waals surface area contributed by atoms with Gasteiger partial charge in [-0.2, -0.15) is 0 Å². The van der Waals surface area contributed by atoms with Gasteiger partial charge in [0, 0.05) is 5.02 Å². The minimum Gasteiger partial charge on any atom is -0.437 e. The number of thioether (sulfide) groups is 1. The van der Waals surface area contributed by atoms with Crippen LogP contribution in [0, 0.1) is 19.7 Å². The summed E-state index contributed by atoms with van der Waals surface area (Å²) in [4.78, 5) is 15.9. The van der Waals surface area contributed by atoms with Gasteiger partial charge in [-0.05, 0) is 32.0 Å². The molecule has 0 aliphatic carbocycles. The second-order valence-corrected chi connectivity index (χ2v) is 5.45. The molecule has 106 valence electrons. The number of halogens is 2. The zero-order chi connectivity index (χ0) is 14.7. The number of carbonyl (C=O) groups is 1. The largest absolute Gasteiger partial charge is 0.437 e. The number of nitrogens with one attached hydrogen (secondary N) is 1. The van der Waals surface area contributed by atoms with Crippen LogP contribution in [-0.4, -0.2) is 16.6 Å². The molecule has 1 heterocycles. The fourth-order valence-electron chi connectivity index (χ4n) is 1.41. The summed E-state index contributed by atoms with van der Waals surface area (Å²) in [6.45, 7) is 3.62. The first-order valence-electron chi connectivity index (χ1n) is 5.77. The van der Waals surface area contributed by atoms with Crippen LogP contribution >= 0.6 is 23.4 Å². The molecule has 0 saturated carbocycles. The fraction of sp³-hybridized carbons (Fsp3) is 0.231. The number of rotatable bonds is 4. The number of hydrogen-bond donors (Lipinski definition) is 1. The van der Waals surface area contributed by atoms with Gasteiger partial charge in [0.2, 0.25) is 5.91 Å². The highest BCUT2D eigenvalue weighted by atomic mass is 35.5. The number of benzene rings is 1. The average Bonchev–Trinajstić information content (AvgIpc) is 2.71. The van der Waals surface area contributed by atoms with E-state index in [-0.39, 0.29) is 17.3 Å². The van der Waals surface area contributed by atoms with Crippen LogP contribution in [0.5, 0.6) is 0 Å². The molecule has 0 saturated heterocycles. The van der Waals surface area contributed by atoms with Gasteiger partial charge in [-0.25, -0.2) is 9.37 Å². The molecule has 7 heteroatoms. The number of nitrogens with zero attached hydrogens (tertiary/aromatic N) is 1. The summed E-state index contributed by atoms with van der Waals surface area (Å²) in [6, 6.07) is 3.98. The van der Waals surface area contributed by atoms with Crippen molar-refractivity contribution in [2.75, 3.05) is 11.1 Å². The summed E-state index contributed by atoms with van der Waals surface area (Å²) >= 11 is 6.89. The van der Waals surface area contributed by atoms with E-state index in [9.17, 15) is 9.18 Å². The molecular formula is C13H12ClFN2O2S. The van der Waals surface area contributed by atoms with Crippen LogP contribution in [0.2, 0.25) is 5.02 Å². The van der Waals surface area contributed by atoms with E-state index in [4.69, 9.17) is 16.0 Å². The molecule has 0 unspecified atom stereocenters. The Balaban J connectivity index is 1.94. The molecule has 1 aromatic carbocycles. The third kappa shape index (κ3) is 3.74. The van der Waals surface area contributed by atoms with Crippen LogP contribution in [0.4, 0.5) is 10.1 Å². The minimum atomic E-state index is -0.532. The molecule has 0 bridgehead atoms. The van der Waals surface area contributed by atoms with Gasteiger partial charge in [-0.15, -0.1) is 0 Å². The monoisotopic (exact) mass is 314 g/mol. The van der Waals surface area contributed by atoms with Crippen LogP contribution < -0.4 is 5.32 Å². The van der Waals surface area contributed by atoms with E-state index < -0.39 is 5.82 Å². The van der Waals surface area contributed by atoms with Gasteiger partial charge in [0.05, 0.1) is 17.1 Å². The zero-order valence-corrected chi connectivity index (χ0v) is 12.4. The standard InChI is InChI=1S/C13H12ClFN2O2S/c1-7-8(2)19-13(16-7)20-6-12(18)17-11-5-9(14)3-4-10(11)15/h3-5H,6H2,1-2H3,(H,17,18). The molecule has 0 aliphatic heterocycles. The van der Waals surface area contributed by atoms with Crippen molar-refractivity contribution in [3.8, 4) is 0 Å². The first-order chi connectivity index (χ1) is 9.45. The highest BCUT2D eigenvalue weighted by Gasteiger charge is 2.11. The predicted molar refractivity (Wildman–Crippen MR) is 76.7 cm³/mol. The minimum absolute atomic E-state index is 0.0582. The van der Waals surface area contributed by atoms with E-state index in [1.807, 2.05) is 6.92 Å². The topological polar surface area (TPSA) is 55.1 Å². The maximum atomic E-state index is 13.4. The summed E-state index contributed by atoms with van der Waals surface area (Å²) in [6.07, 6.45) is 0. The van der Waals surface area contributed by atoms with Crippen molar-refractivity contribution in [1.82, 2.24) is 4.98 Å². The van der Waals surface area contributed by atoms with Gasteiger partial charge in [0.15, 0.2) is 0 Å². The van der Waals surface area contributed by atoms with E-state index in [1.54, 1.807) is 6.92 Å². The van der Waals surface area contributed by atoms with Crippen LogP contribution in [0.1, 0.15) is 11.5 Å². The lowest BCUT2D eigenvalue weighted by molar-refractivity contribution is -0.113. The van der Waals surface area contributed by atoms with Crippen molar-refractivity contribution < 1.29 is 13.6 Å². The van der Waals surface area contributed by atoms with Crippen molar-refractivity contribution in [2.24, 2.45) is 0 Å². The maximum Gasteiger partial charge on any atom is 0.256 e. The number of aryl methyl sites for hydroxylation is 2. The number of hydrogen-bond acceptors (Lipinski definition) is 4. The van der Waals surface area contributed by atoms with Crippen LogP contribution in [-0.2, 0) is 4.79 Å². The van der Waals surface area contributed by atoms with E-state index in [1.165, 1.54) is 18.2 Å².